The van der Waals surface area contributed by atoms with Crippen molar-refractivity contribution >= 4 is 23.0 Å². The van der Waals surface area contributed by atoms with E-state index < -0.39 is 0 Å². The zero-order chi connectivity index (χ0) is 17.0. The van der Waals surface area contributed by atoms with Gasteiger partial charge in [-0.25, -0.2) is 0 Å². The molecule has 2 aromatic rings. The Morgan fingerprint density at radius 2 is 1.92 bits per heavy atom. The van der Waals surface area contributed by atoms with Crippen molar-refractivity contribution in [1.82, 2.24) is 5.32 Å². The highest BCUT2D eigenvalue weighted by Crippen LogP contribution is 2.53. The van der Waals surface area contributed by atoms with Gasteiger partial charge in [0.1, 0.15) is 0 Å². The van der Waals surface area contributed by atoms with Crippen molar-refractivity contribution in [3.8, 4) is 17.2 Å². The first kappa shape index (κ1) is 15.4. The van der Waals surface area contributed by atoms with Crippen LogP contribution in [0.15, 0.2) is 36.4 Å². The minimum absolute atomic E-state index is 0.452. The molecule has 2 bridgehead atoms. The summed E-state index contributed by atoms with van der Waals surface area (Å²) in [4.78, 5) is 2.44. The molecule has 3 heterocycles. The molecule has 0 radical (unpaired) electrons. The van der Waals surface area contributed by atoms with E-state index in [1.807, 2.05) is 24.3 Å². The number of nitrogens with zero attached hydrogens (tertiary/aromatic N) is 1. The molecular weight excluding hydrogens is 336 g/mol. The van der Waals surface area contributed by atoms with Crippen LogP contribution >= 0.6 is 11.6 Å². The van der Waals surface area contributed by atoms with Crippen molar-refractivity contribution in [2.45, 2.75) is 43.8 Å². The lowest BCUT2D eigenvalue weighted by atomic mass is 9.96. The molecular formula is C20H21ClN2O2. The molecule has 0 saturated carbocycles. The third kappa shape index (κ3) is 2.47. The number of methoxy groups -OCH3 is 1. The van der Waals surface area contributed by atoms with Crippen molar-refractivity contribution < 1.29 is 9.47 Å². The van der Waals surface area contributed by atoms with E-state index in [1.165, 1.54) is 12.8 Å². The maximum absolute atomic E-state index is 6.23. The molecule has 0 aromatic heterocycles. The van der Waals surface area contributed by atoms with E-state index in [1.54, 1.807) is 7.11 Å². The Kier molecular flexibility index (Phi) is 3.57. The number of hydrogen-bond donors (Lipinski definition) is 1. The van der Waals surface area contributed by atoms with Crippen molar-refractivity contribution in [2.75, 3.05) is 12.0 Å². The first-order chi connectivity index (χ1) is 12.2. The van der Waals surface area contributed by atoms with Crippen LogP contribution in [0, 0.1) is 0 Å². The van der Waals surface area contributed by atoms with E-state index in [2.05, 4.69) is 22.3 Å². The summed E-state index contributed by atoms with van der Waals surface area (Å²) in [5.41, 5.74) is 2.18. The Morgan fingerprint density at radius 3 is 2.68 bits per heavy atom. The summed E-state index contributed by atoms with van der Waals surface area (Å²) in [5, 5.41) is 4.42. The highest BCUT2D eigenvalue weighted by molar-refractivity contribution is 6.30. The van der Waals surface area contributed by atoms with Crippen LogP contribution in [0.3, 0.4) is 0 Å². The number of anilines is 2. The molecule has 2 fully saturated rings. The van der Waals surface area contributed by atoms with Crippen molar-refractivity contribution in [1.29, 1.82) is 0 Å². The van der Waals surface area contributed by atoms with Gasteiger partial charge < -0.3 is 19.7 Å². The molecule has 4 nitrogen and oxygen atoms in total. The van der Waals surface area contributed by atoms with Crippen LogP contribution in [0.25, 0.3) is 0 Å². The molecule has 0 spiro atoms. The molecule has 3 atom stereocenters. The summed E-state index contributed by atoms with van der Waals surface area (Å²) in [6.45, 7) is 0. The molecule has 2 aromatic carbocycles. The lowest BCUT2D eigenvalue weighted by molar-refractivity contribution is 0.347. The summed E-state index contributed by atoms with van der Waals surface area (Å²) in [6, 6.07) is 13.7. The minimum Gasteiger partial charge on any atom is -0.493 e. The standard InChI is InChI=1S/C20H21ClN2O2/c1-24-18-4-2-3-17-20(18)25-19-9-12(21)5-8-16(19)23(17)15-10-13-6-7-14(11-15)22-13/h2-5,8-9,13-15,22H,6-7,10-11H2,1H3/t13-,14+,15+. The maximum atomic E-state index is 6.23. The molecule has 3 aliphatic rings. The minimum atomic E-state index is 0.452. The fraction of sp³-hybridized carbons (Fsp3) is 0.400. The fourth-order valence-corrected chi connectivity index (χ4v) is 4.76. The number of para-hydroxylation sites is 1. The maximum Gasteiger partial charge on any atom is 0.192 e. The molecule has 5 heteroatoms. The normalized spacial score (nSPS) is 26.6. The number of nitrogens with one attached hydrogen (secondary N) is 1. The van der Waals surface area contributed by atoms with Crippen molar-refractivity contribution in [2.24, 2.45) is 0 Å². The van der Waals surface area contributed by atoms with Crippen molar-refractivity contribution in [3.63, 3.8) is 0 Å². The van der Waals surface area contributed by atoms with Crippen LogP contribution in [-0.2, 0) is 0 Å². The second-order valence-electron chi connectivity index (χ2n) is 7.16. The van der Waals surface area contributed by atoms with Gasteiger partial charge in [-0.15, -0.1) is 0 Å². The van der Waals surface area contributed by atoms with E-state index in [9.17, 15) is 0 Å². The van der Waals surface area contributed by atoms with Crippen LogP contribution in [0.4, 0.5) is 11.4 Å². The molecule has 0 unspecified atom stereocenters. The van der Waals surface area contributed by atoms with Gasteiger partial charge in [-0.2, -0.15) is 0 Å². The molecule has 130 valence electrons. The number of halogens is 1. The SMILES string of the molecule is COc1cccc2c1Oc1cc(Cl)ccc1N2[C@H]1C[C@H]2CC[C@@H](C1)N2. The van der Waals surface area contributed by atoms with Gasteiger partial charge in [0.15, 0.2) is 17.2 Å². The number of piperidine rings is 1. The predicted molar refractivity (Wildman–Crippen MR) is 99.6 cm³/mol. The third-order valence-corrected chi connectivity index (χ3v) is 5.88. The van der Waals surface area contributed by atoms with Crippen molar-refractivity contribution in [3.05, 3.63) is 41.4 Å². The molecule has 3 aliphatic heterocycles. The first-order valence-corrected chi connectivity index (χ1v) is 9.30. The fourth-order valence-electron chi connectivity index (χ4n) is 4.60. The second kappa shape index (κ2) is 5.82. The average molecular weight is 357 g/mol. The zero-order valence-corrected chi connectivity index (χ0v) is 14.9. The number of rotatable bonds is 2. The average Bonchev–Trinajstić information content (AvgIpc) is 2.97. The van der Waals surface area contributed by atoms with Gasteiger partial charge in [0.25, 0.3) is 0 Å². The van der Waals surface area contributed by atoms with Crippen LogP contribution in [0.1, 0.15) is 25.7 Å². The molecule has 1 N–H and O–H groups in total. The topological polar surface area (TPSA) is 33.7 Å². The van der Waals surface area contributed by atoms with Gasteiger partial charge in [-0.3, -0.25) is 0 Å². The van der Waals surface area contributed by atoms with E-state index in [0.29, 0.717) is 23.1 Å². The summed E-state index contributed by atoms with van der Waals surface area (Å²) in [5.74, 6) is 2.34. The van der Waals surface area contributed by atoms with Crippen LogP contribution in [0.5, 0.6) is 17.2 Å². The van der Waals surface area contributed by atoms with E-state index in [-0.39, 0.29) is 0 Å². The number of fused-ring (bicyclic) bond motifs is 4. The zero-order valence-electron chi connectivity index (χ0n) is 14.2. The molecule has 0 aliphatic carbocycles. The largest absolute Gasteiger partial charge is 0.493 e. The van der Waals surface area contributed by atoms with Crippen LogP contribution in [-0.4, -0.2) is 25.2 Å². The summed E-state index contributed by atoms with van der Waals surface area (Å²) in [6.07, 6.45) is 4.86. The van der Waals surface area contributed by atoms with Gasteiger partial charge in [-0.05, 0) is 49.9 Å². The lowest BCUT2D eigenvalue weighted by Crippen LogP contribution is -2.47. The van der Waals surface area contributed by atoms with Gasteiger partial charge in [0.05, 0.1) is 18.5 Å². The quantitative estimate of drug-likeness (QED) is 0.831. The van der Waals surface area contributed by atoms with Gasteiger partial charge in [-0.1, -0.05) is 17.7 Å². The highest BCUT2D eigenvalue weighted by atomic mass is 35.5. The Bertz CT molecular complexity index is 813. The predicted octanol–water partition coefficient (Wildman–Crippen LogP) is 4.88. The Balaban J connectivity index is 1.64. The number of ether oxygens (including phenoxy) is 2. The highest BCUT2D eigenvalue weighted by Gasteiger charge is 2.40. The molecule has 2 saturated heterocycles. The summed E-state index contributed by atoms with van der Waals surface area (Å²) >= 11 is 6.23. The third-order valence-electron chi connectivity index (χ3n) is 5.64. The van der Waals surface area contributed by atoms with Gasteiger partial charge >= 0.3 is 0 Å². The van der Waals surface area contributed by atoms with Gasteiger partial charge in [0.2, 0.25) is 0 Å². The summed E-state index contributed by atoms with van der Waals surface area (Å²) < 4.78 is 11.8. The molecule has 0 amide bonds. The second-order valence-corrected chi connectivity index (χ2v) is 7.59. The first-order valence-electron chi connectivity index (χ1n) is 8.92. The summed E-state index contributed by atoms with van der Waals surface area (Å²) in [7, 11) is 1.68. The monoisotopic (exact) mass is 356 g/mol. The van der Waals surface area contributed by atoms with Crippen LogP contribution in [0.2, 0.25) is 5.02 Å². The van der Waals surface area contributed by atoms with E-state index in [4.69, 9.17) is 21.1 Å². The van der Waals surface area contributed by atoms with E-state index >= 15 is 0 Å². The lowest BCUT2D eigenvalue weighted by Gasteiger charge is -2.42. The van der Waals surface area contributed by atoms with E-state index in [0.717, 1.165) is 41.5 Å². The Labute approximate surface area is 152 Å². The molecule has 25 heavy (non-hydrogen) atoms. The van der Waals surface area contributed by atoms with Gasteiger partial charge in [0, 0.05) is 29.2 Å². The number of benzene rings is 2. The smallest absolute Gasteiger partial charge is 0.192 e. The molecule has 5 rings (SSSR count). The Hall–Kier alpha value is -1.91. The number of hydrogen-bond acceptors (Lipinski definition) is 4. The Morgan fingerprint density at radius 1 is 1.12 bits per heavy atom. The van der Waals surface area contributed by atoms with Crippen LogP contribution < -0.4 is 19.7 Å².